The van der Waals surface area contributed by atoms with Crippen LogP contribution in [0.5, 0.6) is 0 Å². The molecule has 1 heterocycles. The summed E-state index contributed by atoms with van der Waals surface area (Å²) in [6.45, 7) is 0. The van der Waals surface area contributed by atoms with E-state index in [1.54, 1.807) is 18.2 Å². The van der Waals surface area contributed by atoms with Crippen molar-refractivity contribution in [2.45, 2.75) is 5.16 Å². The van der Waals surface area contributed by atoms with Crippen LogP contribution in [0.25, 0.3) is 5.69 Å². The van der Waals surface area contributed by atoms with Gasteiger partial charge in [0, 0.05) is 6.07 Å². The van der Waals surface area contributed by atoms with E-state index >= 15 is 0 Å². The highest BCUT2D eigenvalue weighted by atomic mass is 32.1. The summed E-state index contributed by atoms with van der Waals surface area (Å²) in [6, 6.07) is 6.17. The van der Waals surface area contributed by atoms with Gasteiger partial charge in [0.2, 0.25) is 5.16 Å². The second kappa shape index (κ2) is 3.65. The molecule has 0 atom stereocenters. The average molecular weight is 223 g/mol. The Kier molecular flexibility index (Phi) is 2.34. The summed E-state index contributed by atoms with van der Waals surface area (Å²) < 4.78 is 1.20. The van der Waals surface area contributed by atoms with E-state index < -0.39 is 4.92 Å². The standard InChI is InChI=1S/C7H5N5O2S/c13-12(14)6-4-2-1-3-5(6)11-7(15)8-9-10-11/h1-4H,(H,8,10,15). The summed E-state index contributed by atoms with van der Waals surface area (Å²) in [5.74, 6) is 0. The average Bonchev–Trinajstić information content (AvgIpc) is 2.64. The number of tetrazole rings is 1. The first kappa shape index (κ1) is 9.59. The van der Waals surface area contributed by atoms with Crippen LogP contribution >= 0.6 is 12.6 Å². The number of hydrogen-bond acceptors (Lipinski definition) is 6. The Morgan fingerprint density at radius 3 is 2.73 bits per heavy atom. The van der Waals surface area contributed by atoms with Gasteiger partial charge in [-0.05, 0) is 16.5 Å². The fraction of sp³-hybridized carbons (Fsp3) is 0. The number of nitrogens with zero attached hydrogens (tertiary/aromatic N) is 5. The van der Waals surface area contributed by atoms with Crippen LogP contribution in [0.1, 0.15) is 0 Å². The van der Waals surface area contributed by atoms with Gasteiger partial charge in [0.25, 0.3) is 5.69 Å². The van der Waals surface area contributed by atoms with Crippen LogP contribution in [0.2, 0.25) is 0 Å². The van der Waals surface area contributed by atoms with Gasteiger partial charge in [0.1, 0.15) is 5.69 Å². The number of nitro benzene ring substituents is 1. The molecule has 0 amide bonds. The minimum atomic E-state index is -0.496. The zero-order valence-corrected chi connectivity index (χ0v) is 8.20. The summed E-state index contributed by atoms with van der Waals surface area (Å²) in [5, 5.41) is 21.4. The number of benzene rings is 1. The van der Waals surface area contributed by atoms with Crippen molar-refractivity contribution in [2.24, 2.45) is 0 Å². The number of rotatable bonds is 2. The SMILES string of the molecule is O=[N+]([O-])c1ccccc1-n1nnnc1S. The first-order valence-electron chi connectivity index (χ1n) is 3.91. The topological polar surface area (TPSA) is 86.7 Å². The number of aromatic nitrogens is 4. The van der Waals surface area contributed by atoms with E-state index in [1.807, 2.05) is 0 Å². The van der Waals surface area contributed by atoms with Crippen LogP contribution in [0.4, 0.5) is 5.69 Å². The molecule has 15 heavy (non-hydrogen) atoms. The summed E-state index contributed by atoms with van der Waals surface area (Å²) in [4.78, 5) is 10.2. The summed E-state index contributed by atoms with van der Waals surface area (Å²) in [5.41, 5.74) is 0.220. The largest absolute Gasteiger partial charge is 0.295 e. The van der Waals surface area contributed by atoms with E-state index in [4.69, 9.17) is 0 Å². The maximum atomic E-state index is 10.7. The monoisotopic (exact) mass is 223 g/mol. The van der Waals surface area contributed by atoms with Crippen LogP contribution in [-0.2, 0) is 0 Å². The van der Waals surface area contributed by atoms with Gasteiger partial charge in [-0.15, -0.1) is 17.7 Å². The fourth-order valence-corrected chi connectivity index (χ4v) is 1.32. The lowest BCUT2D eigenvalue weighted by molar-refractivity contribution is -0.384. The predicted octanol–water partition coefficient (Wildman–Crippen LogP) is 0.859. The molecule has 0 saturated heterocycles. The normalized spacial score (nSPS) is 10.2. The number of hydrogen-bond donors (Lipinski definition) is 1. The molecule has 1 aromatic carbocycles. The molecule has 0 aliphatic heterocycles. The number of para-hydroxylation sites is 2. The van der Waals surface area contributed by atoms with Gasteiger partial charge < -0.3 is 0 Å². The first-order valence-corrected chi connectivity index (χ1v) is 4.36. The molecule has 76 valence electrons. The Bertz CT molecular complexity index is 512. The van der Waals surface area contributed by atoms with E-state index in [1.165, 1.54) is 10.7 Å². The van der Waals surface area contributed by atoms with Crippen molar-refractivity contribution in [3.05, 3.63) is 34.4 Å². The van der Waals surface area contributed by atoms with E-state index in [-0.39, 0.29) is 16.5 Å². The molecule has 0 spiro atoms. The molecule has 8 heteroatoms. The Morgan fingerprint density at radius 1 is 1.40 bits per heavy atom. The molecule has 2 rings (SSSR count). The van der Waals surface area contributed by atoms with Crippen LogP contribution < -0.4 is 0 Å². The van der Waals surface area contributed by atoms with Gasteiger partial charge in [0.15, 0.2) is 0 Å². The third-order valence-corrected chi connectivity index (χ3v) is 2.04. The molecule has 0 fully saturated rings. The molecule has 0 aliphatic carbocycles. The molecule has 0 saturated carbocycles. The minimum absolute atomic E-state index is 0.0694. The fourth-order valence-electron chi connectivity index (χ4n) is 1.14. The van der Waals surface area contributed by atoms with Gasteiger partial charge in [-0.3, -0.25) is 10.1 Å². The van der Waals surface area contributed by atoms with Crippen LogP contribution in [0.15, 0.2) is 29.4 Å². The smallest absolute Gasteiger partial charge is 0.258 e. The quantitative estimate of drug-likeness (QED) is 0.463. The Hall–Kier alpha value is -1.96. The van der Waals surface area contributed by atoms with Crippen molar-refractivity contribution in [3.8, 4) is 5.69 Å². The van der Waals surface area contributed by atoms with Gasteiger partial charge in [-0.25, -0.2) is 0 Å². The lowest BCUT2D eigenvalue weighted by Gasteiger charge is -2.01. The Balaban J connectivity index is 2.63. The van der Waals surface area contributed by atoms with Crippen LogP contribution in [0.3, 0.4) is 0 Å². The molecule has 0 aliphatic rings. The summed E-state index contributed by atoms with van der Waals surface area (Å²) >= 11 is 3.98. The third kappa shape index (κ3) is 1.66. The molecule has 7 nitrogen and oxygen atoms in total. The molecule has 1 aromatic heterocycles. The predicted molar refractivity (Wildman–Crippen MR) is 53.1 cm³/mol. The molecular formula is C7H5N5O2S. The highest BCUT2D eigenvalue weighted by Gasteiger charge is 2.16. The van der Waals surface area contributed by atoms with E-state index in [2.05, 4.69) is 28.2 Å². The van der Waals surface area contributed by atoms with Crippen molar-refractivity contribution in [1.29, 1.82) is 0 Å². The van der Waals surface area contributed by atoms with E-state index in [9.17, 15) is 10.1 Å². The van der Waals surface area contributed by atoms with Crippen molar-refractivity contribution < 1.29 is 4.92 Å². The third-order valence-electron chi connectivity index (χ3n) is 1.76. The molecule has 2 aromatic rings. The summed E-state index contributed by atoms with van der Waals surface area (Å²) in [6.07, 6.45) is 0. The molecule has 0 bridgehead atoms. The van der Waals surface area contributed by atoms with Crippen LogP contribution in [0, 0.1) is 10.1 Å². The second-order valence-corrected chi connectivity index (χ2v) is 3.04. The molecule has 0 radical (unpaired) electrons. The lowest BCUT2D eigenvalue weighted by atomic mass is 10.3. The highest BCUT2D eigenvalue weighted by molar-refractivity contribution is 7.80. The number of nitro groups is 1. The van der Waals surface area contributed by atoms with Gasteiger partial charge in [-0.1, -0.05) is 12.1 Å². The van der Waals surface area contributed by atoms with E-state index in [0.717, 1.165) is 0 Å². The molecule has 0 N–H and O–H groups in total. The van der Waals surface area contributed by atoms with Gasteiger partial charge >= 0.3 is 0 Å². The van der Waals surface area contributed by atoms with Gasteiger partial charge in [-0.2, -0.15) is 4.68 Å². The summed E-state index contributed by atoms with van der Waals surface area (Å²) in [7, 11) is 0. The Morgan fingerprint density at radius 2 is 2.13 bits per heavy atom. The number of thiol groups is 1. The van der Waals surface area contributed by atoms with Crippen molar-refractivity contribution >= 4 is 18.3 Å². The van der Waals surface area contributed by atoms with Gasteiger partial charge in [0.05, 0.1) is 4.92 Å². The van der Waals surface area contributed by atoms with Crippen molar-refractivity contribution in [1.82, 2.24) is 20.2 Å². The zero-order valence-electron chi connectivity index (χ0n) is 7.31. The molecule has 0 unspecified atom stereocenters. The first-order chi connectivity index (χ1) is 7.20. The van der Waals surface area contributed by atoms with Crippen LogP contribution in [-0.4, -0.2) is 25.1 Å². The lowest BCUT2D eigenvalue weighted by Crippen LogP contribution is -2.02. The molecular weight excluding hydrogens is 218 g/mol. The zero-order chi connectivity index (χ0) is 10.8. The van der Waals surface area contributed by atoms with Crippen molar-refractivity contribution in [2.75, 3.05) is 0 Å². The maximum Gasteiger partial charge on any atom is 0.295 e. The van der Waals surface area contributed by atoms with Crippen molar-refractivity contribution in [3.63, 3.8) is 0 Å². The minimum Gasteiger partial charge on any atom is -0.258 e. The maximum absolute atomic E-state index is 10.7. The Labute approximate surface area is 89.3 Å². The highest BCUT2D eigenvalue weighted by Crippen LogP contribution is 2.22. The second-order valence-electron chi connectivity index (χ2n) is 2.64. The van der Waals surface area contributed by atoms with E-state index in [0.29, 0.717) is 0 Å².